The summed E-state index contributed by atoms with van der Waals surface area (Å²) in [6.07, 6.45) is 0. The summed E-state index contributed by atoms with van der Waals surface area (Å²) < 4.78 is 0. The summed E-state index contributed by atoms with van der Waals surface area (Å²) in [5, 5.41) is 14.0. The highest BCUT2D eigenvalue weighted by atomic mass is 16.2. The van der Waals surface area contributed by atoms with E-state index in [0.29, 0.717) is 30.3 Å². The molecule has 26 heavy (non-hydrogen) atoms. The van der Waals surface area contributed by atoms with Crippen molar-refractivity contribution in [2.75, 3.05) is 43.9 Å². The number of nitrogens with one attached hydrogen (secondary N) is 2. The summed E-state index contributed by atoms with van der Waals surface area (Å²) in [5.74, 6) is 0.304. The molecule has 8 heteroatoms. The number of amides is 2. The van der Waals surface area contributed by atoms with Crippen molar-refractivity contribution in [2.24, 2.45) is 0 Å². The summed E-state index contributed by atoms with van der Waals surface area (Å²) in [6, 6.07) is 10.7. The van der Waals surface area contributed by atoms with Crippen molar-refractivity contribution in [1.82, 2.24) is 20.0 Å². The second kappa shape index (κ2) is 7.92. The molecule has 0 radical (unpaired) electrons. The Kier molecular flexibility index (Phi) is 5.43. The van der Waals surface area contributed by atoms with Crippen LogP contribution >= 0.6 is 0 Å². The van der Waals surface area contributed by atoms with E-state index >= 15 is 0 Å². The monoisotopic (exact) mass is 354 g/mol. The number of likely N-dealkylation sites (N-methyl/N-ethyl adjacent to an activating group) is 1. The molecular weight excluding hydrogens is 332 g/mol. The van der Waals surface area contributed by atoms with Crippen molar-refractivity contribution in [2.45, 2.75) is 6.92 Å². The van der Waals surface area contributed by atoms with Gasteiger partial charge >= 0.3 is 0 Å². The van der Waals surface area contributed by atoms with Gasteiger partial charge in [0.1, 0.15) is 0 Å². The van der Waals surface area contributed by atoms with Crippen LogP contribution in [0.25, 0.3) is 0 Å². The molecule has 2 amide bonds. The normalized spacial score (nSPS) is 14.8. The third-order valence-electron chi connectivity index (χ3n) is 4.13. The molecule has 1 fully saturated rings. The molecule has 0 unspecified atom stereocenters. The molecule has 1 aromatic carbocycles. The molecular formula is C18H22N6O2. The number of hydrogen-bond donors (Lipinski definition) is 2. The SMILES string of the molecule is CC(=O)Nc1cccc(Nc2ccc(C(=O)N3CCN(C)CC3)nn2)c1. The number of benzene rings is 1. The van der Waals surface area contributed by atoms with Crippen LogP contribution in [0.5, 0.6) is 0 Å². The van der Waals surface area contributed by atoms with Gasteiger partial charge in [-0.05, 0) is 37.4 Å². The molecule has 0 atom stereocenters. The maximum atomic E-state index is 12.5. The predicted octanol–water partition coefficient (Wildman–Crippen LogP) is 1.57. The zero-order valence-corrected chi connectivity index (χ0v) is 14.9. The van der Waals surface area contributed by atoms with Gasteiger partial charge in [0.05, 0.1) is 0 Å². The van der Waals surface area contributed by atoms with Crippen LogP contribution in [0.15, 0.2) is 36.4 Å². The van der Waals surface area contributed by atoms with Gasteiger partial charge in [-0.15, -0.1) is 10.2 Å². The Labute approximate surface area is 152 Å². The highest BCUT2D eigenvalue weighted by Crippen LogP contribution is 2.19. The lowest BCUT2D eigenvalue weighted by Crippen LogP contribution is -2.47. The fraction of sp³-hybridized carbons (Fsp3) is 0.333. The van der Waals surface area contributed by atoms with Crippen LogP contribution in [0, 0.1) is 0 Å². The predicted molar refractivity (Wildman–Crippen MR) is 99.5 cm³/mol. The van der Waals surface area contributed by atoms with E-state index in [1.165, 1.54) is 6.92 Å². The highest BCUT2D eigenvalue weighted by Gasteiger charge is 2.21. The lowest BCUT2D eigenvalue weighted by Gasteiger charge is -2.32. The number of piperazine rings is 1. The average Bonchev–Trinajstić information content (AvgIpc) is 2.62. The number of aromatic nitrogens is 2. The average molecular weight is 354 g/mol. The van der Waals surface area contributed by atoms with Gasteiger partial charge in [0.15, 0.2) is 11.5 Å². The van der Waals surface area contributed by atoms with Gasteiger partial charge < -0.3 is 20.4 Å². The van der Waals surface area contributed by atoms with E-state index in [9.17, 15) is 9.59 Å². The molecule has 1 aliphatic rings. The number of hydrogen-bond acceptors (Lipinski definition) is 6. The van der Waals surface area contributed by atoms with Crippen molar-refractivity contribution < 1.29 is 9.59 Å². The van der Waals surface area contributed by atoms with Crippen LogP contribution < -0.4 is 10.6 Å². The Morgan fingerprint density at radius 3 is 2.38 bits per heavy atom. The van der Waals surface area contributed by atoms with E-state index in [2.05, 4.69) is 25.7 Å². The van der Waals surface area contributed by atoms with Crippen LogP contribution in [0.1, 0.15) is 17.4 Å². The minimum Gasteiger partial charge on any atom is -0.339 e. The first-order valence-electron chi connectivity index (χ1n) is 8.47. The van der Waals surface area contributed by atoms with Crippen LogP contribution in [-0.4, -0.2) is 65.0 Å². The van der Waals surface area contributed by atoms with Crippen molar-refractivity contribution in [3.8, 4) is 0 Å². The van der Waals surface area contributed by atoms with Gasteiger partial charge in [-0.25, -0.2) is 0 Å². The van der Waals surface area contributed by atoms with E-state index < -0.39 is 0 Å². The maximum Gasteiger partial charge on any atom is 0.274 e. The molecule has 0 spiro atoms. The molecule has 0 saturated carbocycles. The van der Waals surface area contributed by atoms with E-state index in [-0.39, 0.29) is 11.8 Å². The van der Waals surface area contributed by atoms with Gasteiger partial charge in [0.2, 0.25) is 5.91 Å². The molecule has 0 aliphatic carbocycles. The Morgan fingerprint density at radius 1 is 1.00 bits per heavy atom. The Morgan fingerprint density at radius 2 is 1.73 bits per heavy atom. The molecule has 1 aromatic heterocycles. The van der Waals surface area contributed by atoms with Crippen LogP contribution in [0.3, 0.4) is 0 Å². The number of nitrogens with zero attached hydrogens (tertiary/aromatic N) is 4. The Bertz CT molecular complexity index is 785. The topological polar surface area (TPSA) is 90.5 Å². The van der Waals surface area contributed by atoms with Crippen molar-refractivity contribution in [1.29, 1.82) is 0 Å². The summed E-state index contributed by atoms with van der Waals surface area (Å²) in [4.78, 5) is 27.6. The zero-order chi connectivity index (χ0) is 18.5. The fourth-order valence-corrected chi connectivity index (χ4v) is 2.71. The zero-order valence-electron chi connectivity index (χ0n) is 14.9. The number of carbonyl (C=O) groups is 2. The first-order chi connectivity index (χ1) is 12.5. The van der Waals surface area contributed by atoms with Crippen LogP contribution in [-0.2, 0) is 4.79 Å². The van der Waals surface area contributed by atoms with Crippen molar-refractivity contribution in [3.63, 3.8) is 0 Å². The molecule has 2 N–H and O–H groups in total. The van der Waals surface area contributed by atoms with Gasteiger partial charge in [0, 0.05) is 44.5 Å². The van der Waals surface area contributed by atoms with E-state index in [0.717, 1.165) is 18.8 Å². The molecule has 0 bridgehead atoms. The Balaban J connectivity index is 1.64. The summed E-state index contributed by atoms with van der Waals surface area (Å²) in [7, 11) is 2.04. The van der Waals surface area contributed by atoms with Gasteiger partial charge in [-0.2, -0.15) is 0 Å². The van der Waals surface area contributed by atoms with Crippen molar-refractivity contribution in [3.05, 3.63) is 42.1 Å². The molecule has 1 saturated heterocycles. The first kappa shape index (κ1) is 17.8. The lowest BCUT2D eigenvalue weighted by molar-refractivity contribution is -0.114. The summed E-state index contributed by atoms with van der Waals surface area (Å²) >= 11 is 0. The quantitative estimate of drug-likeness (QED) is 0.866. The second-order valence-electron chi connectivity index (χ2n) is 6.29. The largest absolute Gasteiger partial charge is 0.339 e. The fourth-order valence-electron chi connectivity index (χ4n) is 2.71. The van der Waals surface area contributed by atoms with Gasteiger partial charge in [-0.3, -0.25) is 9.59 Å². The summed E-state index contributed by atoms with van der Waals surface area (Å²) in [5.41, 5.74) is 1.80. The minimum absolute atomic E-state index is 0.0928. The number of anilines is 3. The third kappa shape index (κ3) is 4.54. The Hall–Kier alpha value is -3.00. The van der Waals surface area contributed by atoms with Crippen molar-refractivity contribution >= 4 is 29.0 Å². The maximum absolute atomic E-state index is 12.5. The van der Waals surface area contributed by atoms with E-state index in [1.807, 2.05) is 19.2 Å². The molecule has 2 aromatic rings. The lowest BCUT2D eigenvalue weighted by atomic mass is 10.2. The van der Waals surface area contributed by atoms with Gasteiger partial charge in [0.25, 0.3) is 5.91 Å². The standard InChI is InChI=1S/C18H22N6O2/c1-13(25)19-14-4-3-5-15(12-14)20-17-7-6-16(21-22-17)18(26)24-10-8-23(2)9-11-24/h3-7,12H,8-11H2,1-2H3,(H,19,25)(H,20,22). The molecule has 3 rings (SSSR count). The number of rotatable bonds is 4. The molecule has 2 heterocycles. The molecule has 136 valence electrons. The third-order valence-corrected chi connectivity index (χ3v) is 4.13. The van der Waals surface area contributed by atoms with E-state index in [4.69, 9.17) is 0 Å². The highest BCUT2D eigenvalue weighted by molar-refractivity contribution is 5.92. The van der Waals surface area contributed by atoms with Crippen LogP contribution in [0.2, 0.25) is 0 Å². The summed E-state index contributed by atoms with van der Waals surface area (Å²) in [6.45, 7) is 4.59. The molecule has 8 nitrogen and oxygen atoms in total. The van der Waals surface area contributed by atoms with Crippen LogP contribution in [0.4, 0.5) is 17.2 Å². The van der Waals surface area contributed by atoms with E-state index in [1.54, 1.807) is 29.2 Å². The van der Waals surface area contributed by atoms with Gasteiger partial charge in [-0.1, -0.05) is 6.07 Å². The first-order valence-corrected chi connectivity index (χ1v) is 8.47. The second-order valence-corrected chi connectivity index (χ2v) is 6.29. The number of carbonyl (C=O) groups excluding carboxylic acids is 2. The minimum atomic E-state index is -0.131. The molecule has 1 aliphatic heterocycles. The smallest absolute Gasteiger partial charge is 0.274 e.